The van der Waals surface area contributed by atoms with E-state index < -0.39 is 18.1 Å². The molecule has 3 aromatic rings. The highest BCUT2D eigenvalue weighted by molar-refractivity contribution is 6.12. The number of unbranched alkanes of at least 4 members (excludes halogenated alkanes) is 3. The minimum Gasteiger partial charge on any atom is -0.480 e. The maximum absolute atomic E-state index is 12.9. The molecular weight excluding hydrogens is 384 g/mol. The van der Waals surface area contributed by atoms with E-state index in [1.807, 2.05) is 24.4 Å². The quantitative estimate of drug-likeness (QED) is 0.444. The fourth-order valence-corrected chi connectivity index (χ4v) is 3.47. The third-order valence-electron chi connectivity index (χ3n) is 4.96. The molecular formula is C22H26N4O4. The molecule has 0 fully saturated rings. The third-order valence-corrected chi connectivity index (χ3v) is 4.96. The Hall–Kier alpha value is -3.39. The summed E-state index contributed by atoms with van der Waals surface area (Å²) in [6.07, 6.45) is 7.64. The molecule has 3 rings (SSSR count). The van der Waals surface area contributed by atoms with Crippen LogP contribution in [0.2, 0.25) is 0 Å². The first kappa shape index (κ1) is 21.3. The molecule has 0 saturated heterocycles. The molecule has 0 aliphatic carbocycles. The van der Waals surface area contributed by atoms with Crippen LogP contribution in [0.3, 0.4) is 0 Å². The summed E-state index contributed by atoms with van der Waals surface area (Å²) in [5, 5.41) is 12.5. The fraction of sp³-hybridized carbons (Fsp3) is 0.318. The lowest BCUT2D eigenvalue weighted by Gasteiger charge is -2.10. The van der Waals surface area contributed by atoms with Gasteiger partial charge in [-0.1, -0.05) is 18.9 Å². The monoisotopic (exact) mass is 410 g/mol. The van der Waals surface area contributed by atoms with Crippen molar-refractivity contribution in [3.63, 3.8) is 0 Å². The second-order valence-electron chi connectivity index (χ2n) is 7.18. The molecule has 4 N–H and O–H groups in total. The Bertz CT molecular complexity index is 1100. The highest BCUT2D eigenvalue weighted by Gasteiger charge is 2.13. The number of aryl methyl sites for hydroxylation is 1. The Kier molecular flexibility index (Phi) is 7.03. The first-order chi connectivity index (χ1) is 14.5. The SMILES string of the molecule is NCCCCCCn1ccc2c(C(=O)Nc3ccc(=O)n(CC(=O)O)c3)cccc21. The van der Waals surface area contributed by atoms with Gasteiger partial charge in [0.05, 0.1) is 5.69 Å². The van der Waals surface area contributed by atoms with Crippen LogP contribution in [0.5, 0.6) is 0 Å². The van der Waals surface area contributed by atoms with E-state index in [9.17, 15) is 14.4 Å². The number of aromatic nitrogens is 2. The Morgan fingerprint density at radius 3 is 2.57 bits per heavy atom. The molecule has 0 atom stereocenters. The molecule has 0 aliphatic heterocycles. The van der Waals surface area contributed by atoms with Crippen molar-refractivity contribution in [2.45, 2.75) is 38.8 Å². The topological polar surface area (TPSA) is 119 Å². The van der Waals surface area contributed by atoms with Crippen molar-refractivity contribution >= 4 is 28.5 Å². The standard InChI is InChI=1S/C22H26N4O4/c23-11-3-1-2-4-12-25-13-10-17-18(6-5-7-19(17)25)22(30)24-16-8-9-20(27)26(14-16)15-21(28)29/h5-10,13-14H,1-4,11-12,15,23H2,(H,24,30)(H,28,29). The average Bonchev–Trinajstić information content (AvgIpc) is 3.13. The number of anilines is 1. The maximum atomic E-state index is 12.9. The lowest BCUT2D eigenvalue weighted by molar-refractivity contribution is -0.137. The van der Waals surface area contributed by atoms with E-state index in [2.05, 4.69) is 9.88 Å². The molecule has 2 heterocycles. The van der Waals surface area contributed by atoms with Gasteiger partial charge in [-0.15, -0.1) is 0 Å². The number of pyridine rings is 1. The van der Waals surface area contributed by atoms with E-state index in [1.165, 1.54) is 18.3 Å². The molecule has 1 aromatic carbocycles. The zero-order valence-electron chi connectivity index (χ0n) is 16.7. The highest BCUT2D eigenvalue weighted by Crippen LogP contribution is 2.22. The Morgan fingerprint density at radius 2 is 1.80 bits per heavy atom. The molecule has 30 heavy (non-hydrogen) atoms. The van der Waals surface area contributed by atoms with Gasteiger partial charge in [-0.2, -0.15) is 0 Å². The van der Waals surface area contributed by atoms with Gasteiger partial charge in [0.2, 0.25) is 0 Å². The van der Waals surface area contributed by atoms with E-state index >= 15 is 0 Å². The minimum atomic E-state index is -1.13. The summed E-state index contributed by atoms with van der Waals surface area (Å²) < 4.78 is 3.18. The zero-order valence-corrected chi connectivity index (χ0v) is 16.7. The van der Waals surface area contributed by atoms with Crippen molar-refractivity contribution in [2.24, 2.45) is 5.73 Å². The first-order valence-corrected chi connectivity index (χ1v) is 10.0. The van der Waals surface area contributed by atoms with E-state index in [4.69, 9.17) is 10.8 Å². The second kappa shape index (κ2) is 9.89. The fourth-order valence-electron chi connectivity index (χ4n) is 3.47. The number of carboxylic acids is 1. The number of hydrogen-bond donors (Lipinski definition) is 3. The number of rotatable bonds is 10. The van der Waals surface area contributed by atoms with Crippen molar-refractivity contribution < 1.29 is 14.7 Å². The van der Waals surface area contributed by atoms with Crippen molar-refractivity contribution in [1.29, 1.82) is 0 Å². The van der Waals surface area contributed by atoms with Crippen molar-refractivity contribution in [1.82, 2.24) is 9.13 Å². The number of amides is 1. The number of carboxylic acid groups (broad SMARTS) is 1. The Morgan fingerprint density at radius 1 is 1.00 bits per heavy atom. The van der Waals surface area contributed by atoms with Crippen LogP contribution in [-0.2, 0) is 17.9 Å². The van der Waals surface area contributed by atoms with Crippen LogP contribution < -0.4 is 16.6 Å². The highest BCUT2D eigenvalue weighted by atomic mass is 16.4. The summed E-state index contributed by atoms with van der Waals surface area (Å²) in [4.78, 5) is 35.5. The number of benzene rings is 1. The number of carbonyl (C=O) groups is 2. The summed E-state index contributed by atoms with van der Waals surface area (Å²) >= 11 is 0. The van der Waals surface area contributed by atoms with Crippen LogP contribution in [-0.4, -0.2) is 32.7 Å². The molecule has 1 amide bonds. The molecule has 0 bridgehead atoms. The van der Waals surface area contributed by atoms with Crippen molar-refractivity contribution in [2.75, 3.05) is 11.9 Å². The number of nitrogens with zero attached hydrogens (tertiary/aromatic N) is 2. The first-order valence-electron chi connectivity index (χ1n) is 10.0. The van der Waals surface area contributed by atoms with Crippen LogP contribution in [0.4, 0.5) is 5.69 Å². The molecule has 8 heteroatoms. The van der Waals surface area contributed by atoms with Crippen LogP contribution in [0.25, 0.3) is 10.9 Å². The predicted octanol–water partition coefficient (Wildman–Crippen LogP) is 2.66. The summed E-state index contributed by atoms with van der Waals surface area (Å²) in [6, 6.07) is 10.2. The van der Waals surface area contributed by atoms with E-state index in [0.717, 1.165) is 54.2 Å². The Labute approximate surface area is 173 Å². The summed E-state index contributed by atoms with van der Waals surface area (Å²) in [5.74, 6) is -1.45. The number of fused-ring (bicyclic) bond motifs is 1. The van der Waals surface area contributed by atoms with Gasteiger partial charge < -0.3 is 25.3 Å². The number of aliphatic carboxylic acids is 1. The van der Waals surface area contributed by atoms with Crippen molar-refractivity contribution in [3.8, 4) is 0 Å². The molecule has 0 spiro atoms. The molecule has 0 saturated carbocycles. The van der Waals surface area contributed by atoms with Crippen LogP contribution in [0.15, 0.2) is 53.6 Å². The summed E-state index contributed by atoms with van der Waals surface area (Å²) in [5.41, 5.74) is 6.95. The Balaban J connectivity index is 1.76. The molecule has 158 valence electrons. The molecule has 2 aromatic heterocycles. The van der Waals surface area contributed by atoms with E-state index in [0.29, 0.717) is 11.3 Å². The second-order valence-corrected chi connectivity index (χ2v) is 7.18. The largest absolute Gasteiger partial charge is 0.480 e. The molecule has 8 nitrogen and oxygen atoms in total. The van der Waals surface area contributed by atoms with Crippen LogP contribution in [0, 0.1) is 0 Å². The smallest absolute Gasteiger partial charge is 0.323 e. The summed E-state index contributed by atoms with van der Waals surface area (Å²) in [7, 11) is 0. The lowest BCUT2D eigenvalue weighted by atomic mass is 10.1. The number of carbonyl (C=O) groups excluding carboxylic acids is 1. The van der Waals surface area contributed by atoms with Gasteiger partial charge in [0, 0.05) is 41.5 Å². The summed E-state index contributed by atoms with van der Waals surface area (Å²) in [6.45, 7) is 1.13. The van der Waals surface area contributed by atoms with Gasteiger partial charge in [-0.05, 0) is 43.7 Å². The normalized spacial score (nSPS) is 11.0. The average molecular weight is 410 g/mol. The van der Waals surface area contributed by atoms with E-state index in [-0.39, 0.29) is 5.91 Å². The predicted molar refractivity (Wildman–Crippen MR) is 116 cm³/mol. The van der Waals surface area contributed by atoms with Gasteiger partial charge in [0.25, 0.3) is 11.5 Å². The molecule has 0 aliphatic rings. The number of nitrogens with one attached hydrogen (secondary N) is 1. The van der Waals surface area contributed by atoms with Gasteiger partial charge in [-0.25, -0.2) is 0 Å². The van der Waals surface area contributed by atoms with Crippen molar-refractivity contribution in [3.05, 3.63) is 64.7 Å². The van der Waals surface area contributed by atoms with E-state index in [1.54, 1.807) is 6.07 Å². The lowest BCUT2D eigenvalue weighted by Crippen LogP contribution is -2.24. The maximum Gasteiger partial charge on any atom is 0.323 e. The minimum absolute atomic E-state index is 0.318. The van der Waals surface area contributed by atoms with Crippen LogP contribution in [0.1, 0.15) is 36.0 Å². The van der Waals surface area contributed by atoms with Crippen LogP contribution >= 0.6 is 0 Å². The van der Waals surface area contributed by atoms with Gasteiger partial charge in [0.15, 0.2) is 0 Å². The number of nitrogens with two attached hydrogens (primary N) is 1. The number of hydrogen-bond acceptors (Lipinski definition) is 4. The zero-order chi connectivity index (χ0) is 21.5. The molecule has 0 radical (unpaired) electrons. The van der Waals surface area contributed by atoms with Gasteiger partial charge in [0.1, 0.15) is 6.54 Å². The van der Waals surface area contributed by atoms with Gasteiger partial charge >= 0.3 is 5.97 Å². The van der Waals surface area contributed by atoms with Gasteiger partial charge in [-0.3, -0.25) is 14.4 Å². The third kappa shape index (κ3) is 5.15. The molecule has 0 unspecified atom stereocenters.